The van der Waals surface area contributed by atoms with E-state index in [0.717, 1.165) is 0 Å². The van der Waals surface area contributed by atoms with Crippen molar-refractivity contribution in [3.8, 4) is 0 Å². The number of hydrogen-bond acceptors (Lipinski definition) is 5. The second-order valence-electron chi connectivity index (χ2n) is 3.92. The number of esters is 1. The van der Waals surface area contributed by atoms with Crippen LogP contribution in [0.5, 0.6) is 0 Å². The highest BCUT2D eigenvalue weighted by Gasteiger charge is 2.34. The van der Waals surface area contributed by atoms with Gasteiger partial charge >= 0.3 is 5.97 Å². The topological polar surface area (TPSA) is 96.3 Å². The van der Waals surface area contributed by atoms with Gasteiger partial charge in [-0.2, -0.15) is 0 Å². The first kappa shape index (κ1) is 16.7. The van der Waals surface area contributed by atoms with Gasteiger partial charge in [-0.3, -0.25) is 0 Å². The third-order valence-electron chi connectivity index (χ3n) is 2.33. The molecule has 0 radical (unpaired) electrons. The Kier molecular flexibility index (Phi) is 9.00. The maximum absolute atomic E-state index is 11.8. The highest BCUT2D eigenvalue weighted by atomic mass is 16.5. The first-order valence-corrected chi connectivity index (χ1v) is 6.11. The summed E-state index contributed by atoms with van der Waals surface area (Å²) in [5.74, 6) is -0.331. The number of nitrogens with one attached hydrogen (secondary N) is 1. The highest BCUT2D eigenvalue weighted by molar-refractivity contribution is 5.80. The van der Waals surface area contributed by atoms with E-state index in [1.54, 1.807) is 13.8 Å². The lowest BCUT2D eigenvalue weighted by Gasteiger charge is -2.28. The number of hydrogen-bond donors (Lipinski definition) is 1. The van der Waals surface area contributed by atoms with Gasteiger partial charge in [0.15, 0.2) is 0 Å². The van der Waals surface area contributed by atoms with Crippen LogP contribution in [0.15, 0.2) is 5.11 Å². The van der Waals surface area contributed by atoms with E-state index in [-0.39, 0.29) is 12.6 Å². The first-order chi connectivity index (χ1) is 8.60. The molecule has 0 bridgehead atoms. The van der Waals surface area contributed by atoms with Crippen LogP contribution in [0.4, 0.5) is 0 Å². The van der Waals surface area contributed by atoms with E-state index in [0.29, 0.717) is 32.7 Å². The smallest absolute Gasteiger partial charge is 0.328 e. The predicted octanol–water partition coefficient (Wildman–Crippen LogP) is 1.63. The number of azide groups is 1. The van der Waals surface area contributed by atoms with Crippen molar-refractivity contribution in [1.29, 1.82) is 0 Å². The summed E-state index contributed by atoms with van der Waals surface area (Å²) in [7, 11) is 0. The van der Waals surface area contributed by atoms with Crippen LogP contribution in [0.25, 0.3) is 10.4 Å². The molecule has 104 valence electrons. The Morgan fingerprint density at radius 3 is 2.72 bits per heavy atom. The zero-order chi connectivity index (χ0) is 13.9. The summed E-state index contributed by atoms with van der Waals surface area (Å²) in [6.45, 7) is 7.46. The average Bonchev–Trinajstić information content (AvgIpc) is 2.36. The molecule has 0 aliphatic heterocycles. The van der Waals surface area contributed by atoms with Crippen molar-refractivity contribution < 1.29 is 14.3 Å². The quantitative estimate of drug-likeness (QED) is 0.212. The number of rotatable bonds is 10. The second kappa shape index (κ2) is 9.70. The first-order valence-electron chi connectivity index (χ1n) is 6.11. The van der Waals surface area contributed by atoms with Crippen LogP contribution in [-0.4, -0.2) is 44.4 Å². The van der Waals surface area contributed by atoms with Gasteiger partial charge < -0.3 is 14.8 Å². The minimum atomic E-state index is -0.859. The van der Waals surface area contributed by atoms with Gasteiger partial charge in [0.05, 0.1) is 13.2 Å². The molecule has 7 nitrogen and oxygen atoms in total. The van der Waals surface area contributed by atoms with E-state index in [1.807, 2.05) is 6.92 Å². The van der Waals surface area contributed by atoms with Crippen molar-refractivity contribution in [1.82, 2.24) is 5.32 Å². The molecule has 7 heteroatoms. The standard InChI is InChI=1S/C11H22N4O3/c1-4-17-9-11(3,10(16)18-5-2)13-7-6-8-14-15-12/h13H,4-9H2,1-3H3. The lowest BCUT2D eigenvalue weighted by Crippen LogP contribution is -2.54. The van der Waals surface area contributed by atoms with Gasteiger partial charge in [0.25, 0.3) is 0 Å². The van der Waals surface area contributed by atoms with E-state index in [2.05, 4.69) is 15.3 Å². The summed E-state index contributed by atoms with van der Waals surface area (Å²) >= 11 is 0. The molecule has 18 heavy (non-hydrogen) atoms. The fourth-order valence-electron chi connectivity index (χ4n) is 1.34. The summed E-state index contributed by atoms with van der Waals surface area (Å²) in [6, 6.07) is 0. The molecule has 0 fully saturated rings. The van der Waals surface area contributed by atoms with Crippen molar-refractivity contribution >= 4 is 5.97 Å². The van der Waals surface area contributed by atoms with Gasteiger partial charge in [-0.25, -0.2) is 4.79 Å². The van der Waals surface area contributed by atoms with Gasteiger partial charge in [0, 0.05) is 18.1 Å². The minimum absolute atomic E-state index is 0.254. The Morgan fingerprint density at radius 2 is 2.17 bits per heavy atom. The molecule has 0 aromatic rings. The maximum atomic E-state index is 11.8. The highest BCUT2D eigenvalue weighted by Crippen LogP contribution is 2.08. The number of nitrogens with zero attached hydrogens (tertiary/aromatic N) is 3. The van der Waals surface area contributed by atoms with E-state index in [4.69, 9.17) is 15.0 Å². The molecule has 0 rings (SSSR count). The van der Waals surface area contributed by atoms with Crippen molar-refractivity contribution in [2.45, 2.75) is 32.7 Å². The van der Waals surface area contributed by atoms with Gasteiger partial charge in [0.1, 0.15) is 5.54 Å². The van der Waals surface area contributed by atoms with E-state index < -0.39 is 5.54 Å². The molecule has 0 heterocycles. The van der Waals surface area contributed by atoms with Crippen LogP contribution in [0, 0.1) is 0 Å². The molecule has 0 aromatic carbocycles. The SMILES string of the molecule is CCOCC(C)(NCCCN=[N+]=[N-])C(=O)OCC. The van der Waals surface area contributed by atoms with Crippen LogP contribution in [0.3, 0.4) is 0 Å². The maximum Gasteiger partial charge on any atom is 0.328 e. The largest absolute Gasteiger partial charge is 0.465 e. The molecule has 1 atom stereocenters. The molecule has 1 N–H and O–H groups in total. The number of carbonyl (C=O) groups excluding carboxylic acids is 1. The van der Waals surface area contributed by atoms with Crippen LogP contribution in [0.2, 0.25) is 0 Å². The Bertz CT molecular complexity index is 292. The van der Waals surface area contributed by atoms with Crippen LogP contribution in [0.1, 0.15) is 27.2 Å². The Hall–Kier alpha value is -1.30. The van der Waals surface area contributed by atoms with Crippen molar-refractivity contribution in [3.05, 3.63) is 10.4 Å². The lowest BCUT2D eigenvalue weighted by molar-refractivity contribution is -0.153. The third kappa shape index (κ3) is 6.44. The van der Waals surface area contributed by atoms with Crippen molar-refractivity contribution in [3.63, 3.8) is 0 Å². The lowest BCUT2D eigenvalue weighted by atomic mass is 10.0. The van der Waals surface area contributed by atoms with E-state index >= 15 is 0 Å². The van der Waals surface area contributed by atoms with Gasteiger partial charge in [0.2, 0.25) is 0 Å². The molecular formula is C11H22N4O3. The average molecular weight is 258 g/mol. The van der Waals surface area contributed by atoms with Crippen molar-refractivity contribution in [2.24, 2.45) is 5.11 Å². The molecule has 0 saturated heterocycles. The molecule has 0 amide bonds. The zero-order valence-electron chi connectivity index (χ0n) is 11.3. The molecule has 0 aliphatic carbocycles. The summed E-state index contributed by atoms with van der Waals surface area (Å²) in [5.41, 5.74) is 7.28. The van der Waals surface area contributed by atoms with Gasteiger partial charge in [-0.05, 0) is 39.3 Å². The molecule has 0 spiro atoms. The van der Waals surface area contributed by atoms with Crippen LogP contribution >= 0.6 is 0 Å². The zero-order valence-corrected chi connectivity index (χ0v) is 11.3. The molecular weight excluding hydrogens is 236 g/mol. The van der Waals surface area contributed by atoms with Gasteiger partial charge in [-0.15, -0.1) is 0 Å². The van der Waals surface area contributed by atoms with E-state index in [9.17, 15) is 4.79 Å². The summed E-state index contributed by atoms with van der Waals surface area (Å²) in [4.78, 5) is 14.5. The summed E-state index contributed by atoms with van der Waals surface area (Å²) in [6.07, 6.45) is 0.658. The second-order valence-corrected chi connectivity index (χ2v) is 3.92. The molecule has 1 unspecified atom stereocenters. The van der Waals surface area contributed by atoms with E-state index in [1.165, 1.54) is 0 Å². The van der Waals surface area contributed by atoms with Gasteiger partial charge in [-0.1, -0.05) is 5.11 Å². The fourth-order valence-corrected chi connectivity index (χ4v) is 1.34. The number of carbonyl (C=O) groups is 1. The predicted molar refractivity (Wildman–Crippen MR) is 68.2 cm³/mol. The van der Waals surface area contributed by atoms with Crippen molar-refractivity contribution in [2.75, 3.05) is 32.9 Å². The van der Waals surface area contributed by atoms with Crippen LogP contribution < -0.4 is 5.32 Å². The fraction of sp³-hybridized carbons (Fsp3) is 0.909. The summed E-state index contributed by atoms with van der Waals surface area (Å²) < 4.78 is 10.3. The summed E-state index contributed by atoms with van der Waals surface area (Å²) in [5, 5.41) is 6.52. The third-order valence-corrected chi connectivity index (χ3v) is 2.33. The number of ether oxygens (including phenoxy) is 2. The normalized spacial score (nSPS) is 13.5. The Labute approximate surface area is 107 Å². The molecule has 0 aromatic heterocycles. The Balaban J connectivity index is 4.27. The Morgan fingerprint density at radius 1 is 1.44 bits per heavy atom. The minimum Gasteiger partial charge on any atom is -0.465 e. The monoisotopic (exact) mass is 258 g/mol. The molecule has 0 aliphatic rings. The van der Waals surface area contributed by atoms with Crippen LogP contribution in [-0.2, 0) is 14.3 Å². The molecule has 0 saturated carbocycles.